The Kier molecular flexibility index (Phi) is 5.06. The number of allylic oxidation sites excluding steroid dienone is 2. The molecule has 6 rings (SSSR count). The average Bonchev–Trinajstić information content (AvgIpc) is 3.33. The molecular weight excluding hydrogens is 380 g/mol. The summed E-state index contributed by atoms with van der Waals surface area (Å²) >= 11 is 0. The van der Waals surface area contributed by atoms with Gasteiger partial charge in [-0.3, -0.25) is 14.9 Å². The standard InChI is InChI=1S/C22H28N6O2/c1-3-30-22(7-6-17(10-24-22)18-11-25-26-12-18)27-14-19-8-20(15-27)28(19)13-16-4-5-21(29-2)23-9-16/h4-7,9-12,19-20,24H,3,8,13-15H2,1-2H3,(H,25,26). The number of aromatic amines is 1. The number of nitrogens with zero attached hydrogens (tertiary/aromatic N) is 4. The number of piperidine rings is 1. The summed E-state index contributed by atoms with van der Waals surface area (Å²) in [7, 11) is 1.64. The van der Waals surface area contributed by atoms with Gasteiger partial charge in [-0.25, -0.2) is 4.98 Å². The minimum absolute atomic E-state index is 0.526. The highest BCUT2D eigenvalue weighted by atomic mass is 16.5. The highest BCUT2D eigenvalue weighted by Gasteiger charge is 2.50. The second-order valence-corrected chi connectivity index (χ2v) is 8.02. The fourth-order valence-corrected chi connectivity index (χ4v) is 4.72. The summed E-state index contributed by atoms with van der Waals surface area (Å²) in [6.45, 7) is 5.54. The van der Waals surface area contributed by atoms with E-state index < -0.39 is 5.85 Å². The van der Waals surface area contributed by atoms with Crippen molar-refractivity contribution < 1.29 is 9.47 Å². The highest BCUT2D eigenvalue weighted by molar-refractivity contribution is 5.74. The number of H-pyrrole nitrogens is 1. The van der Waals surface area contributed by atoms with Crippen molar-refractivity contribution in [3.8, 4) is 5.88 Å². The Labute approximate surface area is 176 Å². The Morgan fingerprint density at radius 1 is 1.23 bits per heavy atom. The van der Waals surface area contributed by atoms with Crippen LogP contribution in [0.5, 0.6) is 5.88 Å². The maximum absolute atomic E-state index is 6.24. The molecule has 6 heterocycles. The first-order valence-electron chi connectivity index (χ1n) is 10.5. The number of dihydropyridines is 1. The first kappa shape index (κ1) is 19.3. The molecule has 8 nitrogen and oxygen atoms in total. The van der Waals surface area contributed by atoms with Gasteiger partial charge in [0.2, 0.25) is 11.7 Å². The Bertz CT molecular complexity index is 914. The maximum atomic E-state index is 6.24. The summed E-state index contributed by atoms with van der Waals surface area (Å²) in [5, 5.41) is 10.4. The Morgan fingerprint density at radius 2 is 2.10 bits per heavy atom. The molecule has 4 aliphatic rings. The summed E-state index contributed by atoms with van der Waals surface area (Å²) in [6, 6.07) is 5.09. The number of pyridine rings is 1. The zero-order valence-electron chi connectivity index (χ0n) is 17.4. The van der Waals surface area contributed by atoms with Gasteiger partial charge in [0.05, 0.1) is 13.3 Å². The number of methoxy groups -OCH3 is 1. The quantitative estimate of drug-likeness (QED) is 0.725. The van der Waals surface area contributed by atoms with Gasteiger partial charge in [0.25, 0.3) is 0 Å². The minimum Gasteiger partial charge on any atom is -0.481 e. The van der Waals surface area contributed by atoms with Crippen molar-refractivity contribution in [3.05, 3.63) is 60.2 Å². The average molecular weight is 409 g/mol. The van der Waals surface area contributed by atoms with Gasteiger partial charge in [0.1, 0.15) is 0 Å². The summed E-state index contributed by atoms with van der Waals surface area (Å²) in [5.74, 6) is 0.0672. The Morgan fingerprint density at radius 3 is 2.70 bits per heavy atom. The maximum Gasteiger partial charge on any atom is 0.218 e. The third kappa shape index (κ3) is 3.40. The molecule has 3 unspecified atom stereocenters. The molecule has 158 valence electrons. The lowest BCUT2D eigenvalue weighted by atomic mass is 9.86. The van der Waals surface area contributed by atoms with E-state index in [1.807, 2.05) is 37.8 Å². The molecule has 2 N–H and O–H groups in total. The molecule has 2 bridgehead atoms. The van der Waals surface area contributed by atoms with E-state index in [9.17, 15) is 0 Å². The van der Waals surface area contributed by atoms with Gasteiger partial charge >= 0.3 is 0 Å². The van der Waals surface area contributed by atoms with Crippen LogP contribution >= 0.6 is 0 Å². The largest absolute Gasteiger partial charge is 0.481 e. The van der Waals surface area contributed by atoms with E-state index in [1.165, 1.54) is 12.0 Å². The molecule has 8 heteroatoms. The first-order chi connectivity index (χ1) is 14.7. The molecule has 0 saturated carbocycles. The van der Waals surface area contributed by atoms with E-state index in [-0.39, 0.29) is 0 Å². The van der Waals surface area contributed by atoms with Gasteiger partial charge < -0.3 is 14.8 Å². The van der Waals surface area contributed by atoms with E-state index in [1.54, 1.807) is 7.11 Å². The Hall–Kier alpha value is -2.68. The van der Waals surface area contributed by atoms with Gasteiger partial charge in [0.15, 0.2) is 0 Å². The van der Waals surface area contributed by atoms with Crippen molar-refractivity contribution in [2.75, 3.05) is 26.8 Å². The van der Waals surface area contributed by atoms with Crippen molar-refractivity contribution in [2.45, 2.75) is 37.8 Å². The SMILES string of the molecule is CCOC1(N2CC3CC(C2)N3Cc2ccc(OC)nc2)C=CC(c2cn[nH]c2)=CN1. The molecule has 3 fully saturated rings. The molecule has 0 radical (unpaired) electrons. The minimum atomic E-state index is -0.591. The van der Waals surface area contributed by atoms with Crippen LogP contribution in [0.25, 0.3) is 5.57 Å². The van der Waals surface area contributed by atoms with Crippen LogP contribution in [0.2, 0.25) is 0 Å². The number of piperazine rings is 1. The van der Waals surface area contributed by atoms with E-state index in [0.717, 1.165) is 30.8 Å². The van der Waals surface area contributed by atoms with E-state index in [2.05, 4.69) is 48.5 Å². The summed E-state index contributed by atoms with van der Waals surface area (Å²) in [5.41, 5.74) is 3.38. The van der Waals surface area contributed by atoms with Crippen LogP contribution in [0.3, 0.4) is 0 Å². The van der Waals surface area contributed by atoms with Crippen LogP contribution < -0.4 is 10.1 Å². The molecule has 2 aromatic rings. The van der Waals surface area contributed by atoms with Gasteiger partial charge in [-0.2, -0.15) is 5.10 Å². The zero-order chi connectivity index (χ0) is 20.6. The van der Waals surface area contributed by atoms with Crippen molar-refractivity contribution in [2.24, 2.45) is 0 Å². The van der Waals surface area contributed by atoms with Crippen molar-refractivity contribution in [1.29, 1.82) is 0 Å². The van der Waals surface area contributed by atoms with Gasteiger partial charge in [-0.1, -0.05) is 12.1 Å². The highest BCUT2D eigenvalue weighted by Crippen LogP contribution is 2.38. The number of hydrogen-bond donors (Lipinski definition) is 2. The number of aromatic nitrogens is 3. The zero-order valence-corrected chi connectivity index (χ0v) is 17.4. The number of ether oxygens (including phenoxy) is 2. The molecule has 3 atom stereocenters. The lowest BCUT2D eigenvalue weighted by Gasteiger charge is -2.59. The van der Waals surface area contributed by atoms with Crippen LogP contribution in [0, 0.1) is 0 Å². The van der Waals surface area contributed by atoms with E-state index >= 15 is 0 Å². The normalized spacial score (nSPS) is 28.5. The van der Waals surface area contributed by atoms with Crippen molar-refractivity contribution in [1.82, 2.24) is 30.3 Å². The molecule has 3 saturated heterocycles. The second-order valence-electron chi connectivity index (χ2n) is 8.02. The first-order valence-corrected chi connectivity index (χ1v) is 10.5. The van der Waals surface area contributed by atoms with Crippen LogP contribution in [0.4, 0.5) is 0 Å². The van der Waals surface area contributed by atoms with Gasteiger partial charge in [0, 0.05) is 74.1 Å². The van der Waals surface area contributed by atoms with E-state index in [4.69, 9.17) is 9.47 Å². The van der Waals surface area contributed by atoms with Crippen LogP contribution in [0.15, 0.2) is 49.1 Å². The summed E-state index contributed by atoms with van der Waals surface area (Å²) in [6.07, 6.45) is 13.2. The fourth-order valence-electron chi connectivity index (χ4n) is 4.72. The second kappa shape index (κ2) is 7.86. The van der Waals surface area contributed by atoms with E-state index in [0.29, 0.717) is 24.6 Å². The monoisotopic (exact) mass is 408 g/mol. The Balaban J connectivity index is 1.26. The smallest absolute Gasteiger partial charge is 0.218 e. The van der Waals surface area contributed by atoms with Crippen LogP contribution in [0.1, 0.15) is 24.5 Å². The predicted octanol–water partition coefficient (Wildman–Crippen LogP) is 1.96. The molecule has 0 aliphatic carbocycles. The molecule has 0 aromatic carbocycles. The third-order valence-electron chi connectivity index (χ3n) is 6.31. The molecule has 0 spiro atoms. The van der Waals surface area contributed by atoms with Gasteiger partial charge in [-0.05, 0) is 25.0 Å². The third-order valence-corrected chi connectivity index (χ3v) is 6.31. The number of rotatable bonds is 7. The predicted molar refractivity (Wildman–Crippen MR) is 113 cm³/mol. The number of fused-ring (bicyclic) bond motifs is 2. The number of nitrogens with one attached hydrogen (secondary N) is 2. The lowest BCUT2D eigenvalue weighted by molar-refractivity contribution is -0.191. The van der Waals surface area contributed by atoms with Crippen molar-refractivity contribution >= 4 is 5.57 Å². The molecule has 0 amide bonds. The summed E-state index contributed by atoms with van der Waals surface area (Å²) in [4.78, 5) is 9.35. The van der Waals surface area contributed by atoms with Crippen molar-refractivity contribution in [3.63, 3.8) is 0 Å². The van der Waals surface area contributed by atoms with Crippen LogP contribution in [-0.2, 0) is 11.3 Å². The van der Waals surface area contributed by atoms with Gasteiger partial charge in [-0.15, -0.1) is 0 Å². The lowest BCUT2D eigenvalue weighted by Crippen LogP contribution is -2.74. The topological polar surface area (TPSA) is 78.5 Å². The number of hydrogen-bond acceptors (Lipinski definition) is 7. The van der Waals surface area contributed by atoms with Crippen LogP contribution in [-0.4, -0.2) is 69.7 Å². The molecule has 30 heavy (non-hydrogen) atoms. The molecular formula is C22H28N6O2. The summed E-state index contributed by atoms with van der Waals surface area (Å²) < 4.78 is 11.4. The molecule has 4 aliphatic heterocycles. The fraction of sp³-hybridized carbons (Fsp3) is 0.455. The molecule has 2 aromatic heterocycles.